The first-order chi connectivity index (χ1) is 20.4. The molecule has 3 aromatic carbocycles. The smallest absolute Gasteiger partial charge is 0.269 e. The van der Waals surface area contributed by atoms with Gasteiger partial charge in [-0.05, 0) is 48.7 Å². The summed E-state index contributed by atoms with van der Waals surface area (Å²) < 4.78 is 12.8. The van der Waals surface area contributed by atoms with Gasteiger partial charge in [-0.25, -0.2) is 0 Å². The van der Waals surface area contributed by atoms with Gasteiger partial charge >= 0.3 is 0 Å². The summed E-state index contributed by atoms with van der Waals surface area (Å²) in [6, 6.07) is 18.5. The lowest BCUT2D eigenvalue weighted by Crippen LogP contribution is -2.36. The van der Waals surface area contributed by atoms with Gasteiger partial charge in [-0.15, -0.1) is 10.2 Å². The average Bonchev–Trinajstić information content (AvgIpc) is 3.44. The lowest BCUT2D eigenvalue weighted by atomic mass is 10.0. The van der Waals surface area contributed by atoms with E-state index >= 15 is 0 Å². The van der Waals surface area contributed by atoms with Crippen LogP contribution in [0.2, 0.25) is 0 Å². The van der Waals surface area contributed by atoms with Crippen LogP contribution in [-0.4, -0.2) is 58.0 Å². The fourth-order valence-electron chi connectivity index (χ4n) is 4.71. The molecule has 0 aliphatic carbocycles. The molecule has 4 aromatic rings. The molecule has 1 aromatic heterocycles. The summed E-state index contributed by atoms with van der Waals surface area (Å²) in [4.78, 5) is 38.4. The van der Waals surface area contributed by atoms with Crippen LogP contribution in [0.5, 0.6) is 11.5 Å². The number of methoxy groups -OCH3 is 2. The van der Waals surface area contributed by atoms with E-state index in [1.807, 2.05) is 29.2 Å². The van der Waals surface area contributed by atoms with E-state index in [9.17, 15) is 19.7 Å². The Hall–Kier alpha value is -4.91. The van der Waals surface area contributed by atoms with Crippen molar-refractivity contribution in [2.24, 2.45) is 0 Å². The summed E-state index contributed by atoms with van der Waals surface area (Å²) in [7, 11) is 3.09. The van der Waals surface area contributed by atoms with E-state index in [1.165, 1.54) is 43.1 Å². The van der Waals surface area contributed by atoms with E-state index in [-0.39, 0.29) is 29.5 Å². The maximum absolute atomic E-state index is 13.4. The first-order valence-electron chi connectivity index (χ1n) is 13.1. The van der Waals surface area contributed by atoms with Crippen molar-refractivity contribution in [2.45, 2.75) is 24.5 Å². The molecule has 0 radical (unpaired) electrons. The lowest BCUT2D eigenvalue weighted by molar-refractivity contribution is -0.384. The van der Waals surface area contributed by atoms with Crippen LogP contribution >= 0.6 is 11.8 Å². The number of ether oxygens (including phenoxy) is 2. The van der Waals surface area contributed by atoms with E-state index in [4.69, 9.17) is 9.47 Å². The van der Waals surface area contributed by atoms with Crippen LogP contribution in [0.3, 0.4) is 0 Å². The van der Waals surface area contributed by atoms with E-state index in [2.05, 4.69) is 15.5 Å². The van der Waals surface area contributed by atoms with Gasteiger partial charge in [-0.2, -0.15) is 0 Å². The molecule has 1 aliphatic heterocycles. The minimum Gasteiger partial charge on any atom is -0.497 e. The maximum Gasteiger partial charge on any atom is 0.269 e. The third-order valence-corrected chi connectivity index (χ3v) is 7.72. The molecule has 0 atom stereocenters. The number of fused-ring (bicyclic) bond motifs is 1. The average molecular weight is 589 g/mol. The van der Waals surface area contributed by atoms with Gasteiger partial charge in [0, 0.05) is 36.0 Å². The number of carbonyl (C=O) groups excluding carboxylic acids is 2. The van der Waals surface area contributed by atoms with Crippen LogP contribution in [-0.2, 0) is 17.8 Å². The molecule has 216 valence electrons. The Labute approximate surface area is 245 Å². The number of rotatable bonds is 10. The van der Waals surface area contributed by atoms with Crippen molar-refractivity contribution < 1.29 is 24.0 Å². The molecule has 13 heteroatoms. The number of aromatic nitrogens is 3. The van der Waals surface area contributed by atoms with Crippen molar-refractivity contribution in [1.29, 1.82) is 0 Å². The first kappa shape index (κ1) is 28.6. The van der Waals surface area contributed by atoms with Gasteiger partial charge in [0.05, 0.1) is 37.1 Å². The van der Waals surface area contributed by atoms with Crippen LogP contribution in [0.4, 0.5) is 11.4 Å². The van der Waals surface area contributed by atoms with Crippen molar-refractivity contribution in [2.75, 3.05) is 31.4 Å². The number of anilines is 1. The third kappa shape index (κ3) is 6.05. The Morgan fingerprint density at radius 3 is 2.55 bits per heavy atom. The number of thioether (sulfide) groups is 1. The highest BCUT2D eigenvalue weighted by Crippen LogP contribution is 2.33. The molecule has 1 N–H and O–H groups in total. The zero-order valence-electron chi connectivity index (χ0n) is 23.0. The first-order valence-corrected chi connectivity index (χ1v) is 14.1. The zero-order chi connectivity index (χ0) is 29.6. The van der Waals surface area contributed by atoms with Gasteiger partial charge in [0.1, 0.15) is 11.5 Å². The molecule has 0 spiro atoms. The van der Waals surface area contributed by atoms with E-state index < -0.39 is 10.8 Å². The Kier molecular flexibility index (Phi) is 8.67. The van der Waals surface area contributed by atoms with Crippen LogP contribution in [0.15, 0.2) is 71.9 Å². The molecular formula is C29H28N6O6S. The minimum absolute atomic E-state index is 0.0167. The third-order valence-electron chi connectivity index (χ3n) is 6.81. The van der Waals surface area contributed by atoms with Gasteiger partial charge in [0.15, 0.2) is 11.0 Å². The SMILES string of the molecule is COc1ccc(OC)c(-n2c(CNC(=O)c3ccc([N+](=O)[O-])cc3)nnc2SCC(=O)N2CCCc3ccccc32)c1. The fourth-order valence-corrected chi connectivity index (χ4v) is 5.55. The van der Waals surface area contributed by atoms with E-state index in [0.717, 1.165) is 24.1 Å². The molecule has 2 amide bonds. The summed E-state index contributed by atoms with van der Waals surface area (Å²) in [5.41, 5.74) is 2.80. The molecule has 42 heavy (non-hydrogen) atoms. The molecule has 12 nitrogen and oxygen atoms in total. The number of para-hydroxylation sites is 1. The Morgan fingerprint density at radius 1 is 1.02 bits per heavy atom. The highest BCUT2D eigenvalue weighted by Gasteiger charge is 2.25. The molecule has 0 saturated heterocycles. The molecule has 0 saturated carbocycles. The number of aryl methyl sites for hydroxylation is 1. The monoisotopic (exact) mass is 588 g/mol. The minimum atomic E-state index is -0.528. The van der Waals surface area contributed by atoms with Crippen molar-refractivity contribution >= 4 is 35.0 Å². The van der Waals surface area contributed by atoms with Crippen LogP contribution < -0.4 is 19.7 Å². The number of nitro groups is 1. The van der Waals surface area contributed by atoms with Gasteiger partial charge in [0.25, 0.3) is 11.6 Å². The molecule has 1 aliphatic rings. The number of amides is 2. The summed E-state index contributed by atoms with van der Waals surface area (Å²) >= 11 is 1.23. The van der Waals surface area contributed by atoms with Gasteiger partial charge in [0.2, 0.25) is 5.91 Å². The molecular weight excluding hydrogens is 560 g/mol. The number of non-ortho nitro benzene ring substituents is 1. The second kappa shape index (κ2) is 12.7. The summed E-state index contributed by atoms with van der Waals surface area (Å²) in [5.74, 6) is 1.09. The summed E-state index contributed by atoms with van der Waals surface area (Å²) in [6.45, 7) is 0.629. The van der Waals surface area contributed by atoms with Gasteiger partial charge < -0.3 is 19.7 Å². The largest absolute Gasteiger partial charge is 0.497 e. The van der Waals surface area contributed by atoms with Crippen molar-refractivity contribution in [1.82, 2.24) is 20.1 Å². The quantitative estimate of drug-likeness (QED) is 0.164. The molecule has 0 bridgehead atoms. The van der Waals surface area contributed by atoms with Crippen LogP contribution in [0.25, 0.3) is 5.69 Å². The number of hydrogen-bond donors (Lipinski definition) is 1. The normalized spacial score (nSPS) is 12.4. The van der Waals surface area contributed by atoms with Gasteiger partial charge in [-0.1, -0.05) is 30.0 Å². The van der Waals surface area contributed by atoms with Crippen LogP contribution in [0, 0.1) is 10.1 Å². The Morgan fingerprint density at radius 2 is 1.81 bits per heavy atom. The lowest BCUT2D eigenvalue weighted by Gasteiger charge is -2.29. The zero-order valence-corrected chi connectivity index (χ0v) is 23.8. The Bertz CT molecular complexity index is 1620. The molecule has 5 rings (SSSR count). The number of hydrogen-bond acceptors (Lipinski definition) is 9. The number of nitrogens with zero attached hydrogens (tertiary/aromatic N) is 5. The molecule has 0 fully saturated rings. The number of carbonyl (C=O) groups is 2. The fraction of sp³-hybridized carbons (Fsp3) is 0.241. The standard InChI is InChI=1S/C29H28N6O6S/c1-40-22-13-14-25(41-2)24(16-22)34-26(17-30-28(37)20-9-11-21(12-10-20)35(38)39)31-32-29(34)42-18-27(36)33-15-5-7-19-6-3-4-8-23(19)33/h3-4,6,8-14,16H,5,7,15,17-18H2,1-2H3,(H,30,37). The Balaban J connectivity index is 1.40. The summed E-state index contributed by atoms with van der Waals surface area (Å²) in [6.07, 6.45) is 1.83. The molecule has 0 unspecified atom stereocenters. The summed E-state index contributed by atoms with van der Waals surface area (Å²) in [5, 5.41) is 22.8. The van der Waals surface area contributed by atoms with Gasteiger partial charge in [-0.3, -0.25) is 24.3 Å². The van der Waals surface area contributed by atoms with Crippen molar-refractivity contribution in [3.05, 3.63) is 93.8 Å². The van der Waals surface area contributed by atoms with E-state index in [1.54, 1.807) is 29.9 Å². The highest BCUT2D eigenvalue weighted by atomic mass is 32.2. The second-order valence-electron chi connectivity index (χ2n) is 9.32. The number of benzene rings is 3. The van der Waals surface area contributed by atoms with E-state index in [0.29, 0.717) is 34.7 Å². The van der Waals surface area contributed by atoms with Crippen LogP contribution in [0.1, 0.15) is 28.2 Å². The van der Waals surface area contributed by atoms with Crippen molar-refractivity contribution in [3.8, 4) is 17.2 Å². The molecule has 2 heterocycles. The number of nitrogens with one attached hydrogen (secondary N) is 1. The topological polar surface area (TPSA) is 142 Å². The highest BCUT2D eigenvalue weighted by molar-refractivity contribution is 7.99. The number of nitro benzene ring substituents is 1. The maximum atomic E-state index is 13.4. The second-order valence-corrected chi connectivity index (χ2v) is 10.3. The van der Waals surface area contributed by atoms with Crippen molar-refractivity contribution in [3.63, 3.8) is 0 Å². The predicted molar refractivity (Wildman–Crippen MR) is 157 cm³/mol. The predicted octanol–water partition coefficient (Wildman–Crippen LogP) is 4.19.